The quantitative estimate of drug-likeness (QED) is 0.403. The van der Waals surface area contributed by atoms with Gasteiger partial charge in [-0.25, -0.2) is 20.7 Å². The number of nitrogens with zero attached hydrogens (tertiary/aromatic N) is 3. The van der Waals surface area contributed by atoms with Crippen molar-refractivity contribution in [3.63, 3.8) is 0 Å². The van der Waals surface area contributed by atoms with E-state index in [1.54, 1.807) is 0 Å². The maximum Gasteiger partial charge on any atom is 0.358 e. The molecule has 0 aliphatic carbocycles. The summed E-state index contributed by atoms with van der Waals surface area (Å²) >= 11 is 0. The first-order chi connectivity index (χ1) is 8.22. The molecule has 0 aliphatic rings. The monoisotopic (exact) mass is 233 g/mol. The van der Waals surface area contributed by atoms with E-state index >= 15 is 0 Å². The van der Waals surface area contributed by atoms with Gasteiger partial charge in [-0.1, -0.05) is 12.1 Å². The molecular formula is C10H11N5O2. The Hall–Kier alpha value is -2.41. The Kier molecular flexibility index (Phi) is 3.01. The van der Waals surface area contributed by atoms with Gasteiger partial charge in [-0.05, 0) is 12.1 Å². The predicted molar refractivity (Wildman–Crippen MR) is 61.8 cm³/mol. The summed E-state index contributed by atoms with van der Waals surface area (Å²) in [6.45, 7) is 0. The average molecular weight is 233 g/mol. The summed E-state index contributed by atoms with van der Waals surface area (Å²) in [5.41, 5.74) is 5.29. The predicted octanol–water partition coefficient (Wildman–Crippen LogP) is 0.596. The van der Waals surface area contributed by atoms with Gasteiger partial charge in [0.25, 0.3) is 0 Å². The summed E-state index contributed by atoms with van der Waals surface area (Å²) < 4.78 is 1.84. The van der Waals surface area contributed by atoms with Crippen LogP contribution in [0.3, 0.4) is 0 Å². The van der Waals surface area contributed by atoms with E-state index in [-0.39, 0.29) is 0 Å². The van der Waals surface area contributed by atoms with E-state index in [0.29, 0.717) is 5.82 Å². The lowest BCUT2D eigenvalue weighted by atomic mass is 10.3. The fourth-order valence-electron chi connectivity index (χ4n) is 1.45. The maximum atomic E-state index is 10.6. The Labute approximate surface area is 96.7 Å². The number of aromatic nitrogens is 2. The lowest BCUT2D eigenvalue weighted by Crippen LogP contribution is -2.29. The normalized spacial score (nSPS) is 10.9. The molecule has 0 saturated carbocycles. The minimum absolute atomic E-state index is 0.601. The van der Waals surface area contributed by atoms with Crippen LogP contribution >= 0.6 is 0 Å². The number of hydrogen-bond donors (Lipinski definition) is 3. The van der Waals surface area contributed by atoms with Crippen LogP contribution in [0.5, 0.6) is 0 Å². The first-order valence-corrected chi connectivity index (χ1v) is 4.87. The molecule has 2 rings (SSSR count). The van der Waals surface area contributed by atoms with Gasteiger partial charge in [-0.15, -0.1) is 0 Å². The smallest absolute Gasteiger partial charge is 0.326 e. The highest BCUT2D eigenvalue weighted by Gasteiger charge is 2.04. The Bertz CT molecular complexity index is 575. The number of nitrogens with one attached hydrogen (secondary N) is 2. The molecule has 88 valence electrons. The molecule has 0 fully saturated rings. The van der Waals surface area contributed by atoms with Crippen LogP contribution in [0.15, 0.2) is 29.4 Å². The number of hydrogen-bond acceptors (Lipinski definition) is 4. The van der Waals surface area contributed by atoms with E-state index in [0.717, 1.165) is 11.0 Å². The molecule has 2 aromatic rings. The number of fused-ring (bicyclic) bond motifs is 1. The Morgan fingerprint density at radius 1 is 1.53 bits per heavy atom. The molecule has 0 unspecified atom stereocenters. The Morgan fingerprint density at radius 2 is 2.29 bits per heavy atom. The number of urea groups is 1. The molecule has 1 heterocycles. The van der Waals surface area contributed by atoms with Gasteiger partial charge in [0.15, 0.2) is 5.82 Å². The number of hydroxylamine groups is 1. The highest BCUT2D eigenvalue weighted by atomic mass is 16.5. The molecule has 3 N–H and O–H groups in total. The topological polar surface area (TPSA) is 91.5 Å². The third-order valence-electron chi connectivity index (χ3n) is 2.27. The van der Waals surface area contributed by atoms with Crippen molar-refractivity contribution in [2.45, 2.75) is 0 Å². The fraction of sp³-hybridized carbons (Fsp3) is 0.100. The summed E-state index contributed by atoms with van der Waals surface area (Å²) in [6.07, 6.45) is 1.40. The summed E-state index contributed by atoms with van der Waals surface area (Å²) in [6, 6.07) is 6.84. The van der Waals surface area contributed by atoms with Crippen molar-refractivity contribution in [2.75, 3.05) is 0 Å². The average Bonchev–Trinajstić information content (AvgIpc) is 2.67. The van der Waals surface area contributed by atoms with Crippen LogP contribution < -0.4 is 10.9 Å². The molecule has 0 aliphatic heterocycles. The number of rotatable bonds is 2. The number of hydrazone groups is 1. The van der Waals surface area contributed by atoms with Crippen molar-refractivity contribution < 1.29 is 10.0 Å². The highest BCUT2D eigenvalue weighted by molar-refractivity contribution is 5.85. The van der Waals surface area contributed by atoms with Crippen molar-refractivity contribution in [1.29, 1.82) is 0 Å². The van der Waals surface area contributed by atoms with Crippen LogP contribution in [-0.4, -0.2) is 27.0 Å². The molecule has 7 heteroatoms. The minimum Gasteiger partial charge on any atom is -0.326 e. The third-order valence-corrected chi connectivity index (χ3v) is 2.27. The van der Waals surface area contributed by atoms with E-state index < -0.39 is 6.03 Å². The number of carbonyl (C=O) groups is 1. The van der Waals surface area contributed by atoms with Crippen molar-refractivity contribution >= 4 is 23.3 Å². The van der Waals surface area contributed by atoms with Gasteiger partial charge in [0.1, 0.15) is 0 Å². The van der Waals surface area contributed by atoms with Gasteiger partial charge >= 0.3 is 6.03 Å². The molecule has 1 aromatic heterocycles. The molecule has 0 saturated heterocycles. The zero-order valence-electron chi connectivity index (χ0n) is 9.08. The summed E-state index contributed by atoms with van der Waals surface area (Å²) in [7, 11) is 1.85. The molecule has 0 radical (unpaired) electrons. The number of amides is 2. The lowest BCUT2D eigenvalue weighted by molar-refractivity contribution is 0.162. The van der Waals surface area contributed by atoms with Crippen LogP contribution in [0.2, 0.25) is 0 Å². The molecular weight excluding hydrogens is 222 g/mol. The standard InChI is InChI=1S/C10H11N5O2/c1-15-8-5-3-2-4-7(8)12-9(15)6-11-13-10(16)14-17/h2-6,17H,1H3,(H2,13,14,16)/b11-6+. The van der Waals surface area contributed by atoms with Gasteiger partial charge in [-0.3, -0.25) is 5.21 Å². The van der Waals surface area contributed by atoms with E-state index in [4.69, 9.17) is 5.21 Å². The van der Waals surface area contributed by atoms with Crippen LogP contribution in [0, 0.1) is 0 Å². The first-order valence-electron chi connectivity index (χ1n) is 4.87. The first kappa shape index (κ1) is 11.1. The van der Waals surface area contributed by atoms with Crippen molar-refractivity contribution in [2.24, 2.45) is 12.1 Å². The number of imidazole rings is 1. The van der Waals surface area contributed by atoms with E-state index in [9.17, 15) is 4.79 Å². The third kappa shape index (κ3) is 2.23. The van der Waals surface area contributed by atoms with Crippen molar-refractivity contribution in [1.82, 2.24) is 20.5 Å². The van der Waals surface area contributed by atoms with Crippen molar-refractivity contribution in [3.05, 3.63) is 30.1 Å². The van der Waals surface area contributed by atoms with Gasteiger partial charge in [0.2, 0.25) is 0 Å². The summed E-state index contributed by atoms with van der Waals surface area (Å²) in [4.78, 5) is 15.0. The van der Waals surface area contributed by atoms with Crippen LogP contribution in [0.25, 0.3) is 11.0 Å². The lowest BCUT2D eigenvalue weighted by Gasteiger charge is -1.97. The van der Waals surface area contributed by atoms with Crippen LogP contribution in [0.1, 0.15) is 5.82 Å². The van der Waals surface area contributed by atoms with Gasteiger partial charge in [0, 0.05) is 7.05 Å². The molecule has 17 heavy (non-hydrogen) atoms. The van der Waals surface area contributed by atoms with Gasteiger partial charge in [-0.2, -0.15) is 5.10 Å². The van der Waals surface area contributed by atoms with E-state index in [1.807, 2.05) is 35.9 Å². The summed E-state index contributed by atoms with van der Waals surface area (Å²) in [5.74, 6) is 0.601. The second-order valence-corrected chi connectivity index (χ2v) is 3.33. The summed E-state index contributed by atoms with van der Waals surface area (Å²) in [5, 5.41) is 11.9. The Balaban J connectivity index is 2.24. The molecule has 2 amide bonds. The fourth-order valence-corrected chi connectivity index (χ4v) is 1.45. The zero-order valence-corrected chi connectivity index (χ0v) is 9.08. The van der Waals surface area contributed by atoms with Gasteiger partial charge < -0.3 is 4.57 Å². The minimum atomic E-state index is -0.806. The van der Waals surface area contributed by atoms with Crippen molar-refractivity contribution in [3.8, 4) is 0 Å². The largest absolute Gasteiger partial charge is 0.358 e. The second kappa shape index (κ2) is 4.62. The molecule has 1 aromatic carbocycles. The number of carbonyl (C=O) groups excluding carboxylic acids is 1. The molecule has 0 spiro atoms. The van der Waals surface area contributed by atoms with E-state index in [2.05, 4.69) is 15.5 Å². The van der Waals surface area contributed by atoms with Gasteiger partial charge in [0.05, 0.1) is 17.2 Å². The van der Waals surface area contributed by atoms with Crippen LogP contribution in [-0.2, 0) is 7.05 Å². The highest BCUT2D eigenvalue weighted by Crippen LogP contribution is 2.12. The number of aryl methyl sites for hydroxylation is 1. The zero-order chi connectivity index (χ0) is 12.3. The molecule has 0 atom stereocenters. The maximum absolute atomic E-state index is 10.6. The number of para-hydroxylation sites is 2. The SMILES string of the molecule is Cn1c(/C=N/NC(=O)NO)nc2ccccc21. The van der Waals surface area contributed by atoms with E-state index in [1.165, 1.54) is 11.7 Å². The number of benzene rings is 1. The molecule has 0 bridgehead atoms. The second-order valence-electron chi connectivity index (χ2n) is 3.33. The van der Waals surface area contributed by atoms with Crippen LogP contribution in [0.4, 0.5) is 4.79 Å². The molecule has 7 nitrogen and oxygen atoms in total. The Morgan fingerprint density at radius 3 is 3.00 bits per heavy atom.